The molecule has 5 heteroatoms. The monoisotopic (exact) mass is 375 g/mol. The third-order valence-corrected chi connectivity index (χ3v) is 7.52. The molecular weight excluding hydrogens is 348 g/mol. The minimum Gasteiger partial charge on any atom is -0.338 e. The fraction of sp³-hybridized carbons (Fsp3) is 0.550. The second-order valence-corrected chi connectivity index (χ2v) is 9.21. The Labute approximate surface area is 158 Å². The van der Waals surface area contributed by atoms with E-state index in [2.05, 4.69) is 33.9 Å². The number of carbonyl (C=O) groups is 1. The number of amides is 1. The van der Waals surface area contributed by atoms with Crippen molar-refractivity contribution in [1.29, 1.82) is 0 Å². The molecule has 0 radical (unpaired) electrons. The standard InChI is InChI=1S/C20H26N2OS2/c23-19(21-10-4-2-1-3-5-11-21)15-22-12-8-17-16(9-14-25-17)20(22)18-7-6-13-24-18/h6-7,9,13-14,20H,1-5,8,10-12,15H2/p+1/t20-/m1/s1. The van der Waals surface area contributed by atoms with E-state index in [4.69, 9.17) is 0 Å². The third-order valence-electron chi connectivity index (χ3n) is 5.59. The summed E-state index contributed by atoms with van der Waals surface area (Å²) in [6.45, 7) is 3.62. The molecular formula is C20H27N2OS2+. The maximum atomic E-state index is 13.0. The molecule has 1 unspecified atom stereocenters. The highest BCUT2D eigenvalue weighted by atomic mass is 32.1. The molecule has 134 valence electrons. The highest BCUT2D eigenvalue weighted by molar-refractivity contribution is 7.10. The van der Waals surface area contributed by atoms with Gasteiger partial charge in [-0.05, 0) is 35.7 Å². The number of nitrogens with one attached hydrogen (secondary N) is 1. The highest BCUT2D eigenvalue weighted by Gasteiger charge is 2.35. The lowest BCUT2D eigenvalue weighted by atomic mass is 9.98. The van der Waals surface area contributed by atoms with E-state index < -0.39 is 0 Å². The molecule has 3 nitrogen and oxygen atoms in total. The van der Waals surface area contributed by atoms with Crippen LogP contribution in [0.15, 0.2) is 29.0 Å². The maximum absolute atomic E-state index is 13.0. The van der Waals surface area contributed by atoms with Crippen molar-refractivity contribution in [3.63, 3.8) is 0 Å². The molecule has 0 aliphatic carbocycles. The van der Waals surface area contributed by atoms with Crippen LogP contribution in [0.4, 0.5) is 0 Å². The van der Waals surface area contributed by atoms with Gasteiger partial charge >= 0.3 is 0 Å². The largest absolute Gasteiger partial charge is 0.338 e. The Bertz CT molecular complexity index is 686. The first-order valence-corrected chi connectivity index (χ1v) is 11.3. The molecule has 2 atom stereocenters. The molecule has 2 aromatic rings. The lowest BCUT2D eigenvalue weighted by molar-refractivity contribution is -0.919. The summed E-state index contributed by atoms with van der Waals surface area (Å²) in [5.41, 5.74) is 1.45. The summed E-state index contributed by atoms with van der Waals surface area (Å²) >= 11 is 3.70. The summed E-state index contributed by atoms with van der Waals surface area (Å²) in [6.07, 6.45) is 7.33. The van der Waals surface area contributed by atoms with Crippen LogP contribution in [-0.2, 0) is 11.2 Å². The molecule has 0 saturated carbocycles. The highest BCUT2D eigenvalue weighted by Crippen LogP contribution is 2.31. The van der Waals surface area contributed by atoms with Gasteiger partial charge in [-0.1, -0.05) is 25.3 Å². The van der Waals surface area contributed by atoms with Crippen molar-refractivity contribution in [1.82, 2.24) is 4.90 Å². The molecule has 4 rings (SSSR count). The number of quaternary nitrogens is 1. The first-order chi connectivity index (χ1) is 12.3. The SMILES string of the molecule is O=C(C[NH+]1CCc2sccc2[C@@H]1c1cccs1)N1CCCCCCC1. The Hall–Kier alpha value is -1.17. The van der Waals surface area contributed by atoms with E-state index >= 15 is 0 Å². The number of nitrogens with zero attached hydrogens (tertiary/aromatic N) is 1. The average Bonchev–Trinajstić information content (AvgIpc) is 3.25. The second kappa shape index (κ2) is 8.02. The van der Waals surface area contributed by atoms with Crippen LogP contribution in [0.5, 0.6) is 0 Å². The molecule has 0 bridgehead atoms. The molecule has 0 aromatic carbocycles. The first kappa shape index (κ1) is 17.3. The van der Waals surface area contributed by atoms with Gasteiger partial charge in [-0.2, -0.15) is 0 Å². The van der Waals surface area contributed by atoms with Gasteiger partial charge < -0.3 is 9.80 Å². The van der Waals surface area contributed by atoms with E-state index in [9.17, 15) is 4.79 Å². The van der Waals surface area contributed by atoms with E-state index in [1.54, 1.807) is 0 Å². The van der Waals surface area contributed by atoms with E-state index in [1.165, 1.54) is 52.3 Å². The van der Waals surface area contributed by atoms with Crippen molar-refractivity contribution < 1.29 is 9.69 Å². The number of hydrogen-bond donors (Lipinski definition) is 1. The Kier molecular flexibility index (Phi) is 5.54. The van der Waals surface area contributed by atoms with Crippen LogP contribution in [0, 0.1) is 0 Å². The van der Waals surface area contributed by atoms with Crippen molar-refractivity contribution in [2.24, 2.45) is 0 Å². The van der Waals surface area contributed by atoms with E-state index in [0.717, 1.165) is 26.1 Å². The normalized spacial score (nSPS) is 24.4. The van der Waals surface area contributed by atoms with E-state index in [-0.39, 0.29) is 0 Å². The molecule has 0 spiro atoms. The van der Waals surface area contributed by atoms with Crippen LogP contribution in [-0.4, -0.2) is 37.0 Å². The summed E-state index contributed by atoms with van der Waals surface area (Å²) in [5, 5.41) is 4.38. The molecule has 25 heavy (non-hydrogen) atoms. The minimum atomic E-state index is 0.341. The summed E-state index contributed by atoms with van der Waals surface area (Å²) in [7, 11) is 0. The van der Waals surface area contributed by atoms with Gasteiger partial charge in [-0.15, -0.1) is 22.7 Å². The Morgan fingerprint density at radius 1 is 1.08 bits per heavy atom. The number of fused-ring (bicyclic) bond motifs is 1. The predicted octanol–water partition coefficient (Wildman–Crippen LogP) is 3.13. The van der Waals surface area contributed by atoms with Crippen molar-refractivity contribution in [3.05, 3.63) is 44.3 Å². The Balaban J connectivity index is 1.51. The molecule has 2 aromatic heterocycles. The zero-order valence-electron chi connectivity index (χ0n) is 14.7. The van der Waals surface area contributed by atoms with Gasteiger partial charge in [0.1, 0.15) is 6.04 Å². The first-order valence-electron chi connectivity index (χ1n) is 9.55. The molecule has 1 N–H and O–H groups in total. The number of rotatable bonds is 3. The van der Waals surface area contributed by atoms with Crippen LogP contribution in [0.25, 0.3) is 0 Å². The molecule has 2 aliphatic heterocycles. The topological polar surface area (TPSA) is 24.8 Å². The summed E-state index contributed by atoms with van der Waals surface area (Å²) in [4.78, 5) is 19.5. The lowest BCUT2D eigenvalue weighted by Gasteiger charge is -2.33. The van der Waals surface area contributed by atoms with Gasteiger partial charge in [0.05, 0.1) is 11.4 Å². The summed E-state index contributed by atoms with van der Waals surface area (Å²) < 4.78 is 0. The molecule has 2 aliphatic rings. The van der Waals surface area contributed by atoms with Gasteiger partial charge in [0, 0.05) is 30.0 Å². The second-order valence-electron chi connectivity index (χ2n) is 7.23. The Morgan fingerprint density at radius 3 is 2.64 bits per heavy atom. The summed E-state index contributed by atoms with van der Waals surface area (Å²) in [6, 6.07) is 7.00. The fourth-order valence-corrected chi connectivity index (χ4v) is 6.07. The minimum absolute atomic E-state index is 0.341. The lowest BCUT2D eigenvalue weighted by Crippen LogP contribution is -3.14. The predicted molar refractivity (Wildman–Crippen MR) is 105 cm³/mol. The van der Waals surface area contributed by atoms with E-state index in [1.807, 2.05) is 22.7 Å². The fourth-order valence-electron chi connectivity index (χ4n) is 4.25. The van der Waals surface area contributed by atoms with Gasteiger partial charge in [0.25, 0.3) is 5.91 Å². The number of thiophene rings is 2. The molecule has 1 saturated heterocycles. The van der Waals surface area contributed by atoms with Crippen LogP contribution in [0.3, 0.4) is 0 Å². The van der Waals surface area contributed by atoms with Crippen molar-refractivity contribution in [3.8, 4) is 0 Å². The van der Waals surface area contributed by atoms with Crippen molar-refractivity contribution in [2.75, 3.05) is 26.2 Å². The van der Waals surface area contributed by atoms with Gasteiger partial charge in [0.15, 0.2) is 6.54 Å². The van der Waals surface area contributed by atoms with Crippen molar-refractivity contribution in [2.45, 2.75) is 44.6 Å². The molecule has 1 fully saturated rings. The van der Waals surface area contributed by atoms with Crippen LogP contribution < -0.4 is 4.90 Å². The van der Waals surface area contributed by atoms with Gasteiger partial charge in [-0.25, -0.2) is 0 Å². The van der Waals surface area contributed by atoms with E-state index in [0.29, 0.717) is 18.5 Å². The average molecular weight is 376 g/mol. The quantitative estimate of drug-likeness (QED) is 0.876. The van der Waals surface area contributed by atoms with Crippen LogP contribution >= 0.6 is 22.7 Å². The molecule has 4 heterocycles. The third kappa shape index (κ3) is 3.83. The number of hydrogen-bond acceptors (Lipinski definition) is 3. The number of carbonyl (C=O) groups excluding carboxylic acids is 1. The smallest absolute Gasteiger partial charge is 0.277 e. The molecule has 1 amide bonds. The zero-order chi connectivity index (χ0) is 17.1. The van der Waals surface area contributed by atoms with Crippen molar-refractivity contribution >= 4 is 28.6 Å². The number of likely N-dealkylation sites (tertiary alicyclic amines) is 1. The zero-order valence-corrected chi connectivity index (χ0v) is 16.3. The van der Waals surface area contributed by atoms with Gasteiger partial charge in [-0.3, -0.25) is 4.79 Å². The summed E-state index contributed by atoms with van der Waals surface area (Å²) in [5.74, 6) is 0.358. The van der Waals surface area contributed by atoms with Crippen LogP contribution in [0.1, 0.15) is 53.5 Å². The van der Waals surface area contributed by atoms with Crippen LogP contribution in [0.2, 0.25) is 0 Å². The van der Waals surface area contributed by atoms with Gasteiger partial charge in [0.2, 0.25) is 0 Å². The Morgan fingerprint density at radius 2 is 1.88 bits per heavy atom. The maximum Gasteiger partial charge on any atom is 0.277 e.